The van der Waals surface area contributed by atoms with E-state index in [1.807, 2.05) is 6.92 Å². The molecule has 1 aromatic carbocycles. The molecule has 1 unspecified atom stereocenters. The third-order valence-corrected chi connectivity index (χ3v) is 6.52. The van der Waals surface area contributed by atoms with E-state index in [-0.39, 0.29) is 0 Å². The highest BCUT2D eigenvalue weighted by atomic mass is 16.5. The van der Waals surface area contributed by atoms with Crippen molar-refractivity contribution in [3.05, 3.63) is 29.3 Å². The van der Waals surface area contributed by atoms with Crippen molar-refractivity contribution in [1.82, 2.24) is 15.1 Å². The first-order chi connectivity index (χ1) is 14.7. The molecule has 0 spiro atoms. The number of nitrogens with zero attached hydrogens (tertiary/aromatic N) is 2. The number of benzene rings is 1. The molecular formula is C25H41N3O2. The summed E-state index contributed by atoms with van der Waals surface area (Å²) < 4.78 is 5.68. The Balaban J connectivity index is 1.43. The normalized spacial score (nSPS) is 19.6. The van der Waals surface area contributed by atoms with Crippen molar-refractivity contribution in [2.24, 2.45) is 0 Å². The number of nitrogens with one attached hydrogen (secondary N) is 1. The van der Waals surface area contributed by atoms with E-state index < -0.39 is 0 Å². The number of amides is 1. The van der Waals surface area contributed by atoms with Crippen molar-refractivity contribution in [2.45, 2.75) is 71.3 Å². The highest BCUT2D eigenvalue weighted by molar-refractivity contribution is 5.76. The van der Waals surface area contributed by atoms with Crippen LogP contribution in [0.2, 0.25) is 0 Å². The number of carbonyl (C=O) groups excluding carboxylic acids is 1. The molecule has 5 nitrogen and oxygen atoms in total. The second-order valence-corrected chi connectivity index (χ2v) is 8.74. The Kier molecular flexibility index (Phi) is 9.47. The quantitative estimate of drug-likeness (QED) is 0.561. The van der Waals surface area contributed by atoms with Gasteiger partial charge >= 0.3 is 0 Å². The molecule has 1 aromatic rings. The minimum atomic E-state index is 0.320. The van der Waals surface area contributed by atoms with Crippen LogP contribution in [0.5, 0.6) is 5.75 Å². The monoisotopic (exact) mass is 415 g/mol. The van der Waals surface area contributed by atoms with Gasteiger partial charge in [0.1, 0.15) is 5.75 Å². The van der Waals surface area contributed by atoms with Crippen LogP contribution in [0.25, 0.3) is 0 Å². The maximum absolute atomic E-state index is 12.1. The fraction of sp³-hybridized carbons (Fsp3) is 0.720. The van der Waals surface area contributed by atoms with Crippen LogP contribution < -0.4 is 10.1 Å². The largest absolute Gasteiger partial charge is 0.494 e. The predicted octanol–water partition coefficient (Wildman–Crippen LogP) is 3.65. The number of hydrogen-bond donors (Lipinski definition) is 1. The Bertz CT molecular complexity index is 664. The van der Waals surface area contributed by atoms with Crippen LogP contribution in [-0.2, 0) is 17.6 Å². The molecule has 0 saturated carbocycles. The van der Waals surface area contributed by atoms with Crippen LogP contribution in [0, 0.1) is 0 Å². The lowest BCUT2D eigenvalue weighted by Crippen LogP contribution is -2.40. The average molecular weight is 416 g/mol. The fourth-order valence-electron chi connectivity index (χ4n) is 4.89. The summed E-state index contributed by atoms with van der Waals surface area (Å²) in [6, 6.07) is 7.32. The molecular weight excluding hydrogens is 374 g/mol. The molecule has 2 aliphatic rings. The molecule has 5 heteroatoms. The van der Waals surface area contributed by atoms with E-state index in [0.717, 1.165) is 57.8 Å². The molecule has 1 fully saturated rings. The zero-order chi connectivity index (χ0) is 21.2. The Labute approximate surface area is 183 Å². The zero-order valence-corrected chi connectivity index (χ0v) is 19.1. The van der Waals surface area contributed by atoms with Crippen LogP contribution in [0.1, 0.15) is 63.5 Å². The Morgan fingerprint density at radius 1 is 1.10 bits per heavy atom. The molecule has 3 rings (SSSR count). The van der Waals surface area contributed by atoms with Crippen molar-refractivity contribution in [1.29, 1.82) is 0 Å². The highest BCUT2D eigenvalue weighted by Crippen LogP contribution is 2.28. The van der Waals surface area contributed by atoms with Gasteiger partial charge < -0.3 is 19.9 Å². The van der Waals surface area contributed by atoms with Gasteiger partial charge in [-0.1, -0.05) is 19.4 Å². The van der Waals surface area contributed by atoms with Gasteiger partial charge in [0.15, 0.2) is 0 Å². The summed E-state index contributed by atoms with van der Waals surface area (Å²) in [6.45, 7) is 11.0. The minimum Gasteiger partial charge on any atom is -0.494 e. The second-order valence-electron chi connectivity index (χ2n) is 8.74. The van der Waals surface area contributed by atoms with E-state index in [9.17, 15) is 4.79 Å². The number of hydrogen-bond acceptors (Lipinski definition) is 4. The van der Waals surface area contributed by atoms with Crippen LogP contribution in [0.4, 0.5) is 0 Å². The number of rotatable bonds is 11. The highest BCUT2D eigenvalue weighted by Gasteiger charge is 2.24. The number of ether oxygens (including phenoxy) is 1. The van der Waals surface area contributed by atoms with E-state index >= 15 is 0 Å². The van der Waals surface area contributed by atoms with Gasteiger partial charge in [-0.05, 0) is 81.8 Å². The topological polar surface area (TPSA) is 44.8 Å². The molecule has 168 valence electrons. The molecule has 30 heavy (non-hydrogen) atoms. The van der Waals surface area contributed by atoms with Crippen LogP contribution >= 0.6 is 0 Å². The lowest BCUT2D eigenvalue weighted by molar-refractivity contribution is -0.130. The Morgan fingerprint density at radius 2 is 2.00 bits per heavy atom. The van der Waals surface area contributed by atoms with Gasteiger partial charge in [0.25, 0.3) is 0 Å². The lowest BCUT2D eigenvalue weighted by Gasteiger charge is -2.35. The van der Waals surface area contributed by atoms with Gasteiger partial charge in [0, 0.05) is 38.6 Å². The summed E-state index contributed by atoms with van der Waals surface area (Å²) in [7, 11) is 0. The van der Waals surface area contributed by atoms with Crippen LogP contribution in [0.3, 0.4) is 0 Å². The van der Waals surface area contributed by atoms with E-state index in [1.165, 1.54) is 49.9 Å². The summed E-state index contributed by atoms with van der Waals surface area (Å²) in [5.41, 5.74) is 2.98. The van der Waals surface area contributed by atoms with Crippen molar-refractivity contribution >= 4 is 5.91 Å². The van der Waals surface area contributed by atoms with Gasteiger partial charge in [-0.15, -0.1) is 0 Å². The molecule has 1 heterocycles. The summed E-state index contributed by atoms with van der Waals surface area (Å²) in [4.78, 5) is 16.9. The van der Waals surface area contributed by atoms with Gasteiger partial charge in [-0.25, -0.2) is 0 Å². The number of fused-ring (bicyclic) bond motifs is 1. The van der Waals surface area contributed by atoms with E-state index in [4.69, 9.17) is 4.74 Å². The van der Waals surface area contributed by atoms with Gasteiger partial charge in [-0.2, -0.15) is 0 Å². The lowest BCUT2D eigenvalue weighted by atomic mass is 9.87. The number of unbranched alkanes of at least 4 members (excludes halogenated alkanes) is 2. The molecule has 1 saturated heterocycles. The fourth-order valence-corrected chi connectivity index (χ4v) is 4.89. The molecule has 0 bridgehead atoms. The smallest absolute Gasteiger partial charge is 0.223 e. The first-order valence-electron chi connectivity index (χ1n) is 12.2. The first kappa shape index (κ1) is 23.1. The van der Waals surface area contributed by atoms with Crippen molar-refractivity contribution in [3.63, 3.8) is 0 Å². The Hall–Kier alpha value is -1.59. The van der Waals surface area contributed by atoms with Gasteiger partial charge in [0.05, 0.1) is 6.61 Å². The maximum Gasteiger partial charge on any atom is 0.223 e. The zero-order valence-electron chi connectivity index (χ0n) is 19.1. The summed E-state index contributed by atoms with van der Waals surface area (Å²) in [5.74, 6) is 1.33. The molecule has 0 radical (unpaired) electrons. The van der Waals surface area contributed by atoms with E-state index in [2.05, 4.69) is 40.2 Å². The van der Waals surface area contributed by atoms with E-state index in [0.29, 0.717) is 18.4 Å². The molecule has 1 atom stereocenters. The minimum absolute atomic E-state index is 0.320. The average Bonchev–Trinajstić information content (AvgIpc) is 2.96. The summed E-state index contributed by atoms with van der Waals surface area (Å²) in [6.07, 6.45) is 8.99. The van der Waals surface area contributed by atoms with Crippen molar-refractivity contribution < 1.29 is 9.53 Å². The third-order valence-electron chi connectivity index (χ3n) is 6.52. The number of aryl methyl sites for hydroxylation is 1. The SMILES string of the molecule is CCCN(CCCCCN1CCNCCC1=O)C1CCc2cc(OCC)ccc2C1. The Morgan fingerprint density at radius 3 is 2.83 bits per heavy atom. The molecule has 0 aromatic heterocycles. The van der Waals surface area contributed by atoms with Crippen molar-refractivity contribution in [3.8, 4) is 5.75 Å². The summed E-state index contributed by atoms with van der Waals surface area (Å²) in [5, 5.41) is 3.31. The molecule has 1 amide bonds. The molecule has 1 N–H and O–H groups in total. The van der Waals surface area contributed by atoms with Crippen LogP contribution in [-0.4, -0.2) is 67.6 Å². The predicted molar refractivity (Wildman–Crippen MR) is 123 cm³/mol. The summed E-state index contributed by atoms with van der Waals surface area (Å²) >= 11 is 0. The third kappa shape index (κ3) is 6.71. The molecule has 1 aliphatic heterocycles. The standard InChI is InChI=1S/C25H41N3O2/c1-3-15-27(16-6-5-7-17-28-18-14-26-13-12-25(28)29)23-10-8-22-20-24(30-4-2)11-9-21(22)19-23/h9,11,20,23,26H,3-8,10,12-19H2,1-2H3. The van der Waals surface area contributed by atoms with Gasteiger partial charge in [0.2, 0.25) is 5.91 Å². The number of carbonyl (C=O) groups is 1. The maximum atomic E-state index is 12.1. The van der Waals surface area contributed by atoms with E-state index in [1.54, 1.807) is 0 Å². The molecule has 1 aliphatic carbocycles. The van der Waals surface area contributed by atoms with Crippen molar-refractivity contribution in [2.75, 3.05) is 45.9 Å². The van der Waals surface area contributed by atoms with Crippen LogP contribution in [0.15, 0.2) is 18.2 Å². The second kappa shape index (κ2) is 12.3. The first-order valence-corrected chi connectivity index (χ1v) is 12.2. The van der Waals surface area contributed by atoms with Gasteiger partial charge in [-0.3, -0.25) is 4.79 Å².